The highest BCUT2D eigenvalue weighted by molar-refractivity contribution is 8.01. The van der Waals surface area contributed by atoms with Gasteiger partial charge in [0.05, 0.1) is 20.7 Å². The lowest BCUT2D eigenvalue weighted by molar-refractivity contribution is 0.601. The largest absolute Gasteiger partial charge is 0.354 e. The summed E-state index contributed by atoms with van der Waals surface area (Å²) in [4.78, 5) is 17.6. The molecule has 0 amide bonds. The number of nitriles is 1. The summed E-state index contributed by atoms with van der Waals surface area (Å²) in [6.07, 6.45) is 1.00. The van der Waals surface area contributed by atoms with Gasteiger partial charge in [-0.3, -0.25) is 9.29 Å². The summed E-state index contributed by atoms with van der Waals surface area (Å²) in [5.74, 6) is 1.42. The molecule has 0 saturated carbocycles. The zero-order valence-corrected chi connectivity index (χ0v) is 19.5. The van der Waals surface area contributed by atoms with Gasteiger partial charge < -0.3 is 0 Å². The summed E-state index contributed by atoms with van der Waals surface area (Å²) in [5.41, 5.74) is 1.07. The summed E-state index contributed by atoms with van der Waals surface area (Å²) in [5, 5.41) is 8.91. The molecule has 0 bridgehead atoms. The Kier molecular flexibility index (Phi) is 6.55. The van der Waals surface area contributed by atoms with Gasteiger partial charge in [-0.05, 0) is 56.2 Å². The number of anilines is 1. The average Bonchev–Trinajstić information content (AvgIpc) is 3.01. The predicted octanol–water partition coefficient (Wildman–Crippen LogP) is 4.16. The summed E-state index contributed by atoms with van der Waals surface area (Å²) >= 11 is 3.14. The van der Waals surface area contributed by atoms with Gasteiger partial charge in [-0.25, -0.2) is 13.2 Å². The highest BCUT2D eigenvalue weighted by atomic mass is 32.2. The number of aryl methyl sites for hydroxylation is 1. The molecule has 7 nitrogen and oxygen atoms in total. The Labute approximate surface area is 184 Å². The van der Waals surface area contributed by atoms with E-state index in [9.17, 15) is 13.2 Å². The molecule has 0 radical (unpaired) electrons. The molecule has 1 N–H and O–H groups in total. The van der Waals surface area contributed by atoms with Crippen molar-refractivity contribution in [2.24, 2.45) is 5.92 Å². The van der Waals surface area contributed by atoms with E-state index in [1.54, 1.807) is 11.8 Å². The number of rotatable bonds is 7. The van der Waals surface area contributed by atoms with Crippen LogP contribution in [0.25, 0.3) is 5.69 Å². The lowest BCUT2D eigenvalue weighted by Gasteiger charge is -2.16. The average molecular weight is 463 g/mol. The maximum Gasteiger partial charge on any atom is 0.354 e. The fraction of sp³-hybridized carbons (Fsp3) is 0.350. The van der Waals surface area contributed by atoms with Crippen LogP contribution < -0.4 is 10.4 Å². The topological polar surface area (TPSA) is 105 Å². The van der Waals surface area contributed by atoms with E-state index in [1.165, 1.54) is 40.2 Å². The Morgan fingerprint density at radius 1 is 1.27 bits per heavy atom. The van der Waals surface area contributed by atoms with Gasteiger partial charge in [0.15, 0.2) is 5.82 Å². The standard InChI is InChI=1S/C20H22N4O3S3/c1-12(2)9-10-28-19-17-18(22-20(25)24(17)13(3)14(4)29-19)23-30(26,27)16-7-5-15(11-21)6-8-16/h5-8,12H,9-10H2,1-4H3,(H,22,23,25). The third kappa shape index (κ3) is 4.53. The second-order valence-electron chi connectivity index (χ2n) is 7.23. The molecule has 3 rings (SSSR count). The van der Waals surface area contributed by atoms with Gasteiger partial charge in [0.25, 0.3) is 10.0 Å². The first kappa shape index (κ1) is 22.3. The van der Waals surface area contributed by atoms with Crippen LogP contribution in [0.2, 0.25) is 0 Å². The van der Waals surface area contributed by atoms with E-state index in [4.69, 9.17) is 5.26 Å². The minimum absolute atomic E-state index is 0.00313. The number of nitrogens with one attached hydrogen (secondary N) is 1. The molecule has 30 heavy (non-hydrogen) atoms. The number of thioether (sulfide) groups is 1. The molecule has 0 saturated heterocycles. The Morgan fingerprint density at radius 2 is 1.93 bits per heavy atom. The zero-order valence-electron chi connectivity index (χ0n) is 17.1. The molecule has 0 unspecified atom stereocenters. The molecule has 0 spiro atoms. The minimum atomic E-state index is -3.97. The number of hydrogen-bond donors (Lipinski definition) is 1. The molecule has 2 aliphatic rings. The molecule has 1 aromatic rings. The van der Waals surface area contributed by atoms with Crippen LogP contribution in [0.15, 0.2) is 38.2 Å². The van der Waals surface area contributed by atoms with Crippen molar-refractivity contribution < 1.29 is 8.42 Å². The molecule has 10 heteroatoms. The van der Waals surface area contributed by atoms with Crippen molar-refractivity contribution in [2.75, 3.05) is 10.5 Å². The van der Waals surface area contributed by atoms with Crippen LogP contribution >= 0.6 is 23.1 Å². The van der Waals surface area contributed by atoms with Crippen LogP contribution in [-0.2, 0) is 10.0 Å². The molecule has 0 aliphatic carbocycles. The van der Waals surface area contributed by atoms with Crippen molar-refractivity contribution >= 4 is 38.9 Å². The maximum atomic E-state index is 12.9. The first-order valence-corrected chi connectivity index (χ1v) is 12.6. The molecule has 2 heterocycles. The van der Waals surface area contributed by atoms with Gasteiger partial charge in [0.1, 0.15) is 5.69 Å². The SMILES string of the molecule is Cc1sc(SCCC(C)C)c2c(NS(=O)(=O)c3ccc(C#N)cc3)nc(=O)n-2c1C. The molecule has 0 atom stereocenters. The van der Waals surface area contributed by atoms with E-state index in [1.807, 2.05) is 19.9 Å². The normalized spacial score (nSPS) is 11.7. The quantitative estimate of drug-likeness (QED) is 0.529. The third-order valence-corrected chi connectivity index (χ3v) is 8.42. The molecule has 2 aliphatic heterocycles. The molecule has 1 aromatic carbocycles. The predicted molar refractivity (Wildman–Crippen MR) is 121 cm³/mol. The molecule has 0 aromatic heterocycles. The number of fused-ring (bicyclic) bond motifs is 1. The Bertz CT molecular complexity index is 1240. The summed E-state index contributed by atoms with van der Waals surface area (Å²) in [6.45, 7) is 8.05. The maximum absolute atomic E-state index is 12.9. The van der Waals surface area contributed by atoms with Crippen molar-refractivity contribution in [3.8, 4) is 11.8 Å². The highest BCUT2D eigenvalue weighted by Crippen LogP contribution is 2.38. The number of aromatic nitrogens is 2. The van der Waals surface area contributed by atoms with E-state index in [0.717, 1.165) is 27.0 Å². The van der Waals surface area contributed by atoms with Crippen LogP contribution in [0.5, 0.6) is 0 Å². The first-order valence-electron chi connectivity index (χ1n) is 9.32. The van der Waals surface area contributed by atoms with Gasteiger partial charge >= 0.3 is 5.69 Å². The number of nitrogens with zero attached hydrogens (tertiary/aromatic N) is 3. The van der Waals surface area contributed by atoms with Gasteiger partial charge in [-0.15, -0.1) is 23.1 Å². The van der Waals surface area contributed by atoms with Crippen LogP contribution in [-0.4, -0.2) is 23.7 Å². The van der Waals surface area contributed by atoms with Crippen LogP contribution in [0.1, 0.15) is 36.4 Å². The Morgan fingerprint density at radius 3 is 2.53 bits per heavy atom. The van der Waals surface area contributed by atoms with E-state index < -0.39 is 15.7 Å². The lowest BCUT2D eigenvalue weighted by Crippen LogP contribution is -2.17. The fourth-order valence-electron chi connectivity index (χ4n) is 2.77. The summed E-state index contributed by atoms with van der Waals surface area (Å²) in [7, 11) is -3.97. The molecule has 158 valence electrons. The fourth-order valence-corrected chi connectivity index (χ4v) is 6.54. The van der Waals surface area contributed by atoms with E-state index in [2.05, 4.69) is 23.6 Å². The van der Waals surface area contributed by atoms with Crippen molar-refractivity contribution in [1.82, 2.24) is 9.55 Å². The van der Waals surface area contributed by atoms with Crippen molar-refractivity contribution in [3.63, 3.8) is 0 Å². The number of imidazole rings is 1. The Hall–Kier alpha value is -2.35. The lowest BCUT2D eigenvalue weighted by atomic mass is 10.2. The van der Waals surface area contributed by atoms with Crippen molar-refractivity contribution in [1.29, 1.82) is 5.26 Å². The number of benzene rings is 1. The summed E-state index contributed by atoms with van der Waals surface area (Å²) in [6, 6.07) is 7.53. The van der Waals surface area contributed by atoms with E-state index in [0.29, 0.717) is 17.2 Å². The first-order chi connectivity index (χ1) is 14.1. The smallest absolute Gasteiger partial charge is 0.261 e. The summed E-state index contributed by atoms with van der Waals surface area (Å²) < 4.78 is 30.5. The van der Waals surface area contributed by atoms with Gasteiger partial charge in [-0.2, -0.15) is 10.2 Å². The number of hydrogen-bond acceptors (Lipinski definition) is 7. The van der Waals surface area contributed by atoms with Gasteiger partial charge in [-0.1, -0.05) is 13.8 Å². The van der Waals surface area contributed by atoms with E-state index >= 15 is 0 Å². The minimum Gasteiger partial charge on any atom is -0.261 e. The van der Waals surface area contributed by atoms with Crippen molar-refractivity contribution in [3.05, 3.63) is 50.9 Å². The van der Waals surface area contributed by atoms with E-state index in [-0.39, 0.29) is 10.7 Å². The highest BCUT2D eigenvalue weighted by Gasteiger charge is 2.26. The van der Waals surface area contributed by atoms with Crippen LogP contribution in [0.3, 0.4) is 0 Å². The molecular formula is C20H22N4O3S3. The van der Waals surface area contributed by atoms with Crippen molar-refractivity contribution in [2.45, 2.75) is 43.2 Å². The monoisotopic (exact) mass is 462 g/mol. The second-order valence-corrected chi connectivity index (χ2v) is 11.5. The molecular weight excluding hydrogens is 440 g/mol. The third-order valence-electron chi connectivity index (χ3n) is 4.58. The number of sulfonamides is 1. The Balaban J connectivity index is 2.05. The zero-order chi connectivity index (χ0) is 22.1. The van der Waals surface area contributed by atoms with Crippen LogP contribution in [0, 0.1) is 31.1 Å². The van der Waals surface area contributed by atoms with Gasteiger partial charge in [0, 0.05) is 10.6 Å². The van der Waals surface area contributed by atoms with Gasteiger partial charge in [0.2, 0.25) is 0 Å². The van der Waals surface area contributed by atoms with Crippen LogP contribution in [0.4, 0.5) is 5.82 Å². The second kappa shape index (κ2) is 8.79. The molecule has 0 fully saturated rings.